The summed E-state index contributed by atoms with van der Waals surface area (Å²) in [7, 11) is 0. The van der Waals surface area contributed by atoms with E-state index in [0.717, 1.165) is 22.5 Å². The van der Waals surface area contributed by atoms with Crippen molar-refractivity contribution in [3.8, 4) is 16.8 Å². The number of aromatic nitrogens is 2. The van der Waals surface area contributed by atoms with Crippen LogP contribution in [0.25, 0.3) is 60.2 Å². The van der Waals surface area contributed by atoms with Crippen LogP contribution in [0.1, 0.15) is 5.82 Å². The molecule has 34 heavy (non-hydrogen) atoms. The van der Waals surface area contributed by atoms with Gasteiger partial charge in [0, 0.05) is 5.69 Å². The number of aryl methyl sites for hydroxylation is 1. The van der Waals surface area contributed by atoms with E-state index in [1.54, 1.807) is 0 Å². The highest BCUT2D eigenvalue weighted by Gasteiger charge is 2.11. The third-order valence-corrected chi connectivity index (χ3v) is 6.93. The summed E-state index contributed by atoms with van der Waals surface area (Å²) >= 11 is 0. The average molecular weight is 435 g/mol. The van der Waals surface area contributed by atoms with Gasteiger partial charge in [0.2, 0.25) is 0 Å². The highest BCUT2D eigenvalue weighted by molar-refractivity contribution is 6.25. The number of nitrogens with zero attached hydrogens (tertiary/aromatic N) is 2. The molecular formula is C32H22N2. The van der Waals surface area contributed by atoms with Crippen LogP contribution < -0.4 is 0 Å². The Bertz CT molecular complexity index is 1820. The van der Waals surface area contributed by atoms with Crippen molar-refractivity contribution in [2.45, 2.75) is 6.92 Å². The first-order chi connectivity index (χ1) is 16.8. The second-order valence-corrected chi connectivity index (χ2v) is 8.88. The number of rotatable bonds is 2. The van der Waals surface area contributed by atoms with Crippen LogP contribution in [0.3, 0.4) is 0 Å². The number of benzene rings is 6. The van der Waals surface area contributed by atoms with Crippen molar-refractivity contribution in [2.75, 3.05) is 0 Å². The van der Waals surface area contributed by atoms with E-state index in [4.69, 9.17) is 4.98 Å². The van der Waals surface area contributed by atoms with Gasteiger partial charge in [-0.3, -0.25) is 4.57 Å². The first-order valence-electron chi connectivity index (χ1n) is 11.7. The van der Waals surface area contributed by atoms with Gasteiger partial charge >= 0.3 is 0 Å². The molecule has 0 aliphatic carbocycles. The summed E-state index contributed by atoms with van der Waals surface area (Å²) in [6, 6.07) is 41.4. The quantitative estimate of drug-likeness (QED) is 0.250. The molecule has 1 heterocycles. The fourth-order valence-electron chi connectivity index (χ4n) is 5.36. The maximum atomic E-state index is 4.72. The zero-order valence-corrected chi connectivity index (χ0v) is 18.9. The van der Waals surface area contributed by atoms with Gasteiger partial charge < -0.3 is 0 Å². The zero-order valence-electron chi connectivity index (χ0n) is 18.9. The minimum atomic E-state index is 0.998. The normalized spacial score (nSPS) is 11.7. The minimum absolute atomic E-state index is 0.998. The van der Waals surface area contributed by atoms with Gasteiger partial charge in [0.25, 0.3) is 0 Å². The lowest BCUT2D eigenvalue weighted by atomic mass is 9.92. The maximum absolute atomic E-state index is 4.72. The van der Waals surface area contributed by atoms with Crippen molar-refractivity contribution in [3.05, 3.63) is 121 Å². The van der Waals surface area contributed by atoms with Gasteiger partial charge in [-0.2, -0.15) is 0 Å². The molecule has 0 atom stereocenters. The van der Waals surface area contributed by atoms with Gasteiger partial charge in [0.1, 0.15) is 5.82 Å². The van der Waals surface area contributed by atoms with Crippen LogP contribution in [0.5, 0.6) is 0 Å². The predicted octanol–water partition coefficient (Wildman–Crippen LogP) is 8.46. The summed E-state index contributed by atoms with van der Waals surface area (Å²) in [6.07, 6.45) is 0. The molecule has 0 radical (unpaired) electrons. The smallest absolute Gasteiger partial charge is 0.111 e. The lowest BCUT2D eigenvalue weighted by molar-refractivity contribution is 1.00. The second kappa shape index (κ2) is 7.29. The lowest BCUT2D eigenvalue weighted by Crippen LogP contribution is -1.96. The van der Waals surface area contributed by atoms with E-state index in [-0.39, 0.29) is 0 Å². The highest BCUT2D eigenvalue weighted by Crippen LogP contribution is 2.37. The van der Waals surface area contributed by atoms with E-state index in [1.165, 1.54) is 43.4 Å². The van der Waals surface area contributed by atoms with E-state index in [1.807, 2.05) is 6.07 Å². The van der Waals surface area contributed by atoms with E-state index < -0.39 is 0 Å². The van der Waals surface area contributed by atoms with E-state index in [9.17, 15) is 0 Å². The van der Waals surface area contributed by atoms with E-state index >= 15 is 0 Å². The Morgan fingerprint density at radius 2 is 1.03 bits per heavy atom. The first-order valence-corrected chi connectivity index (χ1v) is 11.7. The summed E-state index contributed by atoms with van der Waals surface area (Å²) in [6.45, 7) is 2.06. The summed E-state index contributed by atoms with van der Waals surface area (Å²) in [5, 5.41) is 7.82. The fraction of sp³-hybridized carbons (Fsp3) is 0.0312. The minimum Gasteiger partial charge on any atom is -0.297 e. The second-order valence-electron chi connectivity index (χ2n) is 8.88. The van der Waals surface area contributed by atoms with Crippen LogP contribution in [-0.2, 0) is 0 Å². The molecule has 7 rings (SSSR count). The van der Waals surface area contributed by atoms with E-state index in [2.05, 4.69) is 121 Å². The lowest BCUT2D eigenvalue weighted by Gasteiger charge is -2.12. The molecule has 2 heteroatoms. The van der Waals surface area contributed by atoms with Crippen molar-refractivity contribution in [1.29, 1.82) is 0 Å². The predicted molar refractivity (Wildman–Crippen MR) is 144 cm³/mol. The summed E-state index contributed by atoms with van der Waals surface area (Å²) < 4.78 is 2.22. The molecule has 0 spiro atoms. The third-order valence-electron chi connectivity index (χ3n) is 6.93. The molecule has 1 aromatic heterocycles. The van der Waals surface area contributed by atoms with Gasteiger partial charge in [-0.1, -0.05) is 84.9 Å². The van der Waals surface area contributed by atoms with Crippen molar-refractivity contribution >= 4 is 43.4 Å². The van der Waals surface area contributed by atoms with Gasteiger partial charge in [-0.15, -0.1) is 0 Å². The molecule has 0 saturated heterocycles. The van der Waals surface area contributed by atoms with Crippen molar-refractivity contribution in [1.82, 2.24) is 9.55 Å². The van der Waals surface area contributed by atoms with Crippen LogP contribution in [0, 0.1) is 6.92 Å². The SMILES string of the molecule is Cc1nc2ccccc2n1-c1ccc(-c2ccc3c4ccccc4c4ccccc4c3c2)cc1. The van der Waals surface area contributed by atoms with Crippen LogP contribution >= 0.6 is 0 Å². The van der Waals surface area contributed by atoms with Gasteiger partial charge in [0.15, 0.2) is 0 Å². The summed E-state index contributed by atoms with van der Waals surface area (Å²) in [4.78, 5) is 4.72. The topological polar surface area (TPSA) is 17.8 Å². The van der Waals surface area contributed by atoms with Crippen LogP contribution in [0.2, 0.25) is 0 Å². The number of para-hydroxylation sites is 2. The molecule has 0 amide bonds. The Labute approximate surface area is 197 Å². The third kappa shape index (κ3) is 2.79. The molecule has 0 fully saturated rings. The van der Waals surface area contributed by atoms with Crippen molar-refractivity contribution < 1.29 is 0 Å². The molecule has 0 aliphatic rings. The van der Waals surface area contributed by atoms with E-state index in [0.29, 0.717) is 0 Å². The van der Waals surface area contributed by atoms with Gasteiger partial charge in [-0.25, -0.2) is 4.98 Å². The molecule has 160 valence electrons. The average Bonchev–Trinajstić information content (AvgIpc) is 3.24. The van der Waals surface area contributed by atoms with Crippen molar-refractivity contribution in [2.24, 2.45) is 0 Å². The molecule has 0 saturated carbocycles. The summed E-state index contributed by atoms with van der Waals surface area (Å²) in [5.74, 6) is 0.998. The number of imidazole rings is 1. The van der Waals surface area contributed by atoms with Crippen molar-refractivity contribution in [3.63, 3.8) is 0 Å². The summed E-state index contributed by atoms with van der Waals surface area (Å²) in [5.41, 5.74) is 5.73. The molecular weight excluding hydrogens is 412 g/mol. The molecule has 0 aliphatic heterocycles. The Kier molecular flexibility index (Phi) is 4.09. The zero-order chi connectivity index (χ0) is 22.6. The number of fused-ring (bicyclic) bond motifs is 7. The Hall–Kier alpha value is -4.43. The monoisotopic (exact) mass is 434 g/mol. The Morgan fingerprint density at radius 3 is 1.71 bits per heavy atom. The Balaban J connectivity index is 1.40. The first kappa shape index (κ1) is 19.1. The fourth-order valence-corrected chi connectivity index (χ4v) is 5.36. The molecule has 0 N–H and O–H groups in total. The molecule has 7 aromatic rings. The highest BCUT2D eigenvalue weighted by atomic mass is 15.1. The number of hydrogen-bond acceptors (Lipinski definition) is 1. The molecule has 0 bridgehead atoms. The molecule has 0 unspecified atom stereocenters. The number of hydrogen-bond donors (Lipinski definition) is 0. The van der Waals surface area contributed by atoms with Crippen LogP contribution in [-0.4, -0.2) is 9.55 Å². The Morgan fingerprint density at radius 1 is 0.500 bits per heavy atom. The molecule has 6 aromatic carbocycles. The standard InChI is InChI=1S/C32H22N2/c1-21-33-31-12-6-7-13-32(31)34(21)24-17-14-22(15-18-24)23-16-19-29-27-10-3-2-8-25(27)26-9-4-5-11-28(26)30(29)20-23/h2-20H,1H3. The van der Waals surface area contributed by atoms with Gasteiger partial charge in [0.05, 0.1) is 11.0 Å². The van der Waals surface area contributed by atoms with Gasteiger partial charge in [-0.05, 0) is 80.7 Å². The van der Waals surface area contributed by atoms with Crippen LogP contribution in [0.15, 0.2) is 115 Å². The largest absolute Gasteiger partial charge is 0.297 e. The maximum Gasteiger partial charge on any atom is 0.111 e. The van der Waals surface area contributed by atoms with Crippen LogP contribution in [0.4, 0.5) is 0 Å². The molecule has 2 nitrogen and oxygen atoms in total.